The number of piperidine rings is 1. The molecule has 3 heterocycles. The number of morpholine rings is 1. The number of ether oxygens (including phenoxy) is 1. The lowest BCUT2D eigenvalue weighted by molar-refractivity contribution is -0.0491. The lowest BCUT2D eigenvalue weighted by atomic mass is 10.0. The molecule has 27 heavy (non-hydrogen) atoms. The quantitative estimate of drug-likeness (QED) is 0.362. The van der Waals surface area contributed by atoms with E-state index in [9.17, 15) is 0 Å². The summed E-state index contributed by atoms with van der Waals surface area (Å²) in [5.41, 5.74) is 0.124. The number of guanidine groups is 1. The van der Waals surface area contributed by atoms with Gasteiger partial charge in [0.2, 0.25) is 0 Å². The van der Waals surface area contributed by atoms with Crippen LogP contribution in [0.4, 0.5) is 0 Å². The van der Waals surface area contributed by atoms with Crippen LogP contribution in [0, 0.1) is 0 Å². The average Bonchev–Trinajstić information content (AvgIpc) is 3.13. The molecule has 3 aliphatic rings. The maximum absolute atomic E-state index is 5.63. The zero-order chi connectivity index (χ0) is 18.4. The predicted octanol–water partition coefficient (Wildman–Crippen LogP) is 2.24. The Kier molecular flexibility index (Phi) is 9.58. The van der Waals surface area contributed by atoms with Gasteiger partial charge in [-0.15, -0.1) is 24.0 Å². The second-order valence-electron chi connectivity index (χ2n) is 8.57. The largest absolute Gasteiger partial charge is 0.378 e. The highest BCUT2D eigenvalue weighted by Gasteiger charge is 2.31. The first kappa shape index (κ1) is 23.2. The summed E-state index contributed by atoms with van der Waals surface area (Å²) in [6.45, 7) is 17.0. The molecular formula is C20H40IN5O. The van der Waals surface area contributed by atoms with Crippen LogP contribution in [-0.4, -0.2) is 97.8 Å². The Morgan fingerprint density at radius 2 is 1.93 bits per heavy atom. The Hall–Kier alpha value is -0.120. The maximum Gasteiger partial charge on any atom is 0.194 e. The topological polar surface area (TPSA) is 43.3 Å². The monoisotopic (exact) mass is 493 g/mol. The molecule has 0 aliphatic carbocycles. The van der Waals surface area contributed by atoms with Gasteiger partial charge in [0.25, 0.3) is 0 Å². The molecule has 7 heteroatoms. The van der Waals surface area contributed by atoms with Crippen molar-refractivity contribution in [1.29, 1.82) is 0 Å². The van der Waals surface area contributed by atoms with Crippen molar-refractivity contribution in [3.8, 4) is 0 Å². The minimum absolute atomic E-state index is 0. The van der Waals surface area contributed by atoms with Crippen LogP contribution in [0.2, 0.25) is 0 Å². The third-order valence-corrected chi connectivity index (χ3v) is 6.15. The molecule has 0 aromatic heterocycles. The number of rotatable bonds is 5. The van der Waals surface area contributed by atoms with Crippen LogP contribution in [0.15, 0.2) is 4.99 Å². The molecule has 0 amide bonds. The van der Waals surface area contributed by atoms with Crippen LogP contribution in [-0.2, 0) is 4.74 Å². The van der Waals surface area contributed by atoms with Crippen LogP contribution < -0.4 is 5.32 Å². The first-order valence-corrected chi connectivity index (χ1v) is 10.7. The number of nitrogens with one attached hydrogen (secondary N) is 1. The normalized spacial score (nSPS) is 27.4. The van der Waals surface area contributed by atoms with E-state index in [1.807, 2.05) is 0 Å². The molecule has 0 saturated carbocycles. The van der Waals surface area contributed by atoms with Crippen LogP contribution in [0.5, 0.6) is 0 Å². The van der Waals surface area contributed by atoms with Gasteiger partial charge in [0.05, 0.1) is 19.8 Å². The fraction of sp³-hybridized carbons (Fsp3) is 0.950. The fourth-order valence-electron chi connectivity index (χ4n) is 4.52. The number of likely N-dealkylation sites (tertiary alicyclic amines) is 2. The van der Waals surface area contributed by atoms with Gasteiger partial charge in [-0.05, 0) is 53.1 Å². The molecule has 0 bridgehead atoms. The minimum Gasteiger partial charge on any atom is -0.378 e. The highest BCUT2D eigenvalue weighted by Crippen LogP contribution is 2.21. The van der Waals surface area contributed by atoms with Crippen molar-refractivity contribution in [2.24, 2.45) is 4.99 Å². The van der Waals surface area contributed by atoms with Gasteiger partial charge >= 0.3 is 0 Å². The van der Waals surface area contributed by atoms with Gasteiger partial charge in [-0.25, -0.2) is 0 Å². The maximum atomic E-state index is 5.63. The fourth-order valence-corrected chi connectivity index (χ4v) is 4.52. The molecule has 0 aromatic carbocycles. The van der Waals surface area contributed by atoms with Gasteiger partial charge in [0.15, 0.2) is 5.96 Å². The molecule has 1 atom stereocenters. The van der Waals surface area contributed by atoms with Gasteiger partial charge in [0, 0.05) is 44.3 Å². The third kappa shape index (κ3) is 6.44. The van der Waals surface area contributed by atoms with E-state index in [-0.39, 0.29) is 29.5 Å². The van der Waals surface area contributed by atoms with Gasteiger partial charge in [-0.3, -0.25) is 14.8 Å². The van der Waals surface area contributed by atoms with E-state index in [1.54, 1.807) is 0 Å². The Morgan fingerprint density at radius 1 is 1.15 bits per heavy atom. The third-order valence-electron chi connectivity index (χ3n) is 6.15. The summed E-state index contributed by atoms with van der Waals surface area (Å²) in [5, 5.41) is 3.52. The molecule has 3 saturated heterocycles. The van der Waals surface area contributed by atoms with E-state index in [0.717, 1.165) is 64.5 Å². The molecule has 0 aromatic rings. The molecular weight excluding hydrogens is 453 g/mol. The van der Waals surface area contributed by atoms with Crippen LogP contribution in [0.25, 0.3) is 0 Å². The Balaban J connectivity index is 0.00000261. The van der Waals surface area contributed by atoms with Crippen molar-refractivity contribution in [3.05, 3.63) is 0 Å². The Bertz CT molecular complexity index is 467. The van der Waals surface area contributed by atoms with Gasteiger partial charge < -0.3 is 15.0 Å². The summed E-state index contributed by atoms with van der Waals surface area (Å²) in [7, 11) is 0. The molecule has 1 unspecified atom stereocenters. The molecule has 158 valence electrons. The second kappa shape index (κ2) is 11.2. The summed E-state index contributed by atoms with van der Waals surface area (Å²) < 4.78 is 5.63. The first-order valence-electron chi connectivity index (χ1n) is 10.7. The summed E-state index contributed by atoms with van der Waals surface area (Å²) >= 11 is 0. The molecule has 1 N–H and O–H groups in total. The van der Waals surface area contributed by atoms with E-state index >= 15 is 0 Å². The number of nitrogens with zero attached hydrogens (tertiary/aromatic N) is 4. The number of hydrogen-bond donors (Lipinski definition) is 1. The molecule has 3 rings (SSSR count). The first-order chi connectivity index (χ1) is 12.6. The second-order valence-corrected chi connectivity index (χ2v) is 8.57. The summed E-state index contributed by atoms with van der Waals surface area (Å²) in [6, 6.07) is 0.720. The van der Waals surface area contributed by atoms with E-state index < -0.39 is 0 Å². The smallest absolute Gasteiger partial charge is 0.194 e. The van der Waals surface area contributed by atoms with Gasteiger partial charge in [-0.1, -0.05) is 6.42 Å². The highest BCUT2D eigenvalue weighted by molar-refractivity contribution is 14.0. The molecule has 6 nitrogen and oxygen atoms in total. The van der Waals surface area contributed by atoms with E-state index in [0.29, 0.717) is 0 Å². The van der Waals surface area contributed by atoms with E-state index in [1.165, 1.54) is 38.8 Å². The Morgan fingerprint density at radius 3 is 2.63 bits per heavy atom. The van der Waals surface area contributed by atoms with E-state index in [4.69, 9.17) is 9.73 Å². The Labute approximate surface area is 183 Å². The molecule has 3 aliphatic heterocycles. The van der Waals surface area contributed by atoms with Crippen molar-refractivity contribution in [2.45, 2.75) is 58.0 Å². The van der Waals surface area contributed by atoms with Crippen LogP contribution in [0.3, 0.4) is 0 Å². The van der Waals surface area contributed by atoms with Crippen molar-refractivity contribution in [3.63, 3.8) is 0 Å². The highest BCUT2D eigenvalue weighted by atomic mass is 127. The van der Waals surface area contributed by atoms with Crippen molar-refractivity contribution >= 4 is 29.9 Å². The van der Waals surface area contributed by atoms with Crippen LogP contribution >= 0.6 is 24.0 Å². The van der Waals surface area contributed by atoms with Gasteiger partial charge in [-0.2, -0.15) is 0 Å². The van der Waals surface area contributed by atoms with Crippen LogP contribution in [0.1, 0.15) is 46.5 Å². The average molecular weight is 493 g/mol. The van der Waals surface area contributed by atoms with Gasteiger partial charge in [0.1, 0.15) is 0 Å². The molecule has 0 radical (unpaired) electrons. The number of hydrogen-bond acceptors (Lipinski definition) is 4. The summed E-state index contributed by atoms with van der Waals surface area (Å²) in [5.74, 6) is 1.11. The zero-order valence-electron chi connectivity index (χ0n) is 17.6. The molecule has 3 fully saturated rings. The zero-order valence-corrected chi connectivity index (χ0v) is 19.9. The lowest BCUT2D eigenvalue weighted by Crippen LogP contribution is -2.53. The van der Waals surface area contributed by atoms with Crippen molar-refractivity contribution < 1.29 is 4.74 Å². The summed E-state index contributed by atoms with van der Waals surface area (Å²) in [6.07, 6.45) is 5.44. The standard InChI is InChI=1S/C20H39N5O.HI/c1-4-21-19(22-9-13-25-14-15-26-17-20(25,2)3)24-12-8-18(16-24)23-10-6-5-7-11-23;/h18H,4-17H2,1-3H3,(H,21,22);1H. The number of aliphatic imine (C=N–C) groups is 1. The van der Waals surface area contributed by atoms with Crippen molar-refractivity contribution in [2.75, 3.05) is 65.6 Å². The lowest BCUT2D eigenvalue weighted by Gasteiger charge is -2.41. The van der Waals surface area contributed by atoms with E-state index in [2.05, 4.69) is 40.8 Å². The minimum atomic E-state index is 0. The SMILES string of the molecule is CCNC(=NCCN1CCOCC1(C)C)N1CCC(N2CCCCC2)C1.I. The predicted molar refractivity (Wildman–Crippen MR) is 123 cm³/mol. The van der Waals surface area contributed by atoms with Crippen molar-refractivity contribution in [1.82, 2.24) is 20.0 Å². The molecule has 0 spiro atoms. The summed E-state index contributed by atoms with van der Waals surface area (Å²) in [4.78, 5) is 12.7. The number of halogens is 1.